The van der Waals surface area contributed by atoms with Gasteiger partial charge in [-0.3, -0.25) is 9.89 Å². The molecule has 4 rings (SSSR count). The monoisotopic (exact) mass is 361 g/mol. The minimum atomic E-state index is -0.158. The average molecular weight is 361 g/mol. The summed E-state index contributed by atoms with van der Waals surface area (Å²) in [6.07, 6.45) is 0. The van der Waals surface area contributed by atoms with Crippen LogP contribution < -0.4 is 4.74 Å². The zero-order chi connectivity index (χ0) is 19.0. The highest BCUT2D eigenvalue weighted by Gasteiger charge is 2.42. The SMILES string of the molecule is COc1ccc(C2c3c(-c4ccccc4)n[nH]c3C(=O)N2CC(C)C)cc1. The van der Waals surface area contributed by atoms with Gasteiger partial charge in [0.05, 0.1) is 18.8 Å². The van der Waals surface area contributed by atoms with E-state index in [-0.39, 0.29) is 11.9 Å². The Morgan fingerprint density at radius 3 is 2.44 bits per heavy atom. The van der Waals surface area contributed by atoms with Crippen LogP contribution in [-0.2, 0) is 0 Å². The first-order chi connectivity index (χ1) is 13.1. The third-order valence-electron chi connectivity index (χ3n) is 4.90. The van der Waals surface area contributed by atoms with Gasteiger partial charge in [0.2, 0.25) is 0 Å². The summed E-state index contributed by atoms with van der Waals surface area (Å²) in [4.78, 5) is 15.1. The summed E-state index contributed by atoms with van der Waals surface area (Å²) in [5.41, 5.74) is 4.45. The highest BCUT2D eigenvalue weighted by Crippen LogP contribution is 2.43. The van der Waals surface area contributed by atoms with E-state index in [2.05, 4.69) is 24.0 Å². The molecule has 2 aromatic carbocycles. The molecule has 3 aromatic rings. The predicted molar refractivity (Wildman–Crippen MR) is 105 cm³/mol. The van der Waals surface area contributed by atoms with Gasteiger partial charge in [0.25, 0.3) is 5.91 Å². The summed E-state index contributed by atoms with van der Waals surface area (Å²) in [6, 6.07) is 17.8. The largest absolute Gasteiger partial charge is 0.497 e. The summed E-state index contributed by atoms with van der Waals surface area (Å²) in [7, 11) is 1.65. The number of carbonyl (C=O) groups is 1. The van der Waals surface area contributed by atoms with E-state index in [0.717, 1.165) is 28.1 Å². The second kappa shape index (κ2) is 6.91. The van der Waals surface area contributed by atoms with E-state index in [0.29, 0.717) is 18.2 Å². The predicted octanol–water partition coefficient (Wildman–Crippen LogP) is 4.29. The Labute approximate surface area is 159 Å². The van der Waals surface area contributed by atoms with Crippen molar-refractivity contribution in [1.29, 1.82) is 0 Å². The van der Waals surface area contributed by atoms with E-state index in [1.165, 1.54) is 0 Å². The van der Waals surface area contributed by atoms with Gasteiger partial charge in [0.15, 0.2) is 0 Å². The van der Waals surface area contributed by atoms with E-state index in [9.17, 15) is 4.79 Å². The van der Waals surface area contributed by atoms with Crippen LogP contribution in [0.1, 0.15) is 41.5 Å². The third-order valence-corrected chi connectivity index (χ3v) is 4.90. The van der Waals surface area contributed by atoms with Crippen LogP contribution in [0, 0.1) is 5.92 Å². The molecular formula is C22H23N3O2. The molecule has 0 bridgehead atoms. The van der Waals surface area contributed by atoms with E-state index in [1.54, 1.807) is 7.11 Å². The molecule has 27 heavy (non-hydrogen) atoms. The Bertz CT molecular complexity index is 945. The third kappa shape index (κ3) is 2.99. The van der Waals surface area contributed by atoms with Crippen LogP contribution in [0.2, 0.25) is 0 Å². The van der Waals surface area contributed by atoms with Crippen LogP contribution in [0.15, 0.2) is 54.6 Å². The molecule has 0 saturated heterocycles. The maximum absolute atomic E-state index is 13.1. The van der Waals surface area contributed by atoms with E-state index in [1.807, 2.05) is 59.5 Å². The molecule has 0 radical (unpaired) electrons. The van der Waals surface area contributed by atoms with Crippen LogP contribution in [0.25, 0.3) is 11.3 Å². The number of ether oxygens (including phenoxy) is 1. The molecule has 0 saturated carbocycles. The Hall–Kier alpha value is -3.08. The highest BCUT2D eigenvalue weighted by atomic mass is 16.5. The van der Waals surface area contributed by atoms with Crippen LogP contribution in [-0.4, -0.2) is 34.7 Å². The average Bonchev–Trinajstić information content (AvgIpc) is 3.22. The first-order valence-corrected chi connectivity index (χ1v) is 9.18. The van der Waals surface area contributed by atoms with Crippen molar-refractivity contribution in [1.82, 2.24) is 15.1 Å². The second-order valence-electron chi connectivity index (χ2n) is 7.25. The van der Waals surface area contributed by atoms with Crippen molar-refractivity contribution in [3.05, 3.63) is 71.4 Å². The molecular weight excluding hydrogens is 338 g/mol. The van der Waals surface area contributed by atoms with Gasteiger partial charge in [-0.25, -0.2) is 0 Å². The molecule has 1 unspecified atom stereocenters. The zero-order valence-corrected chi connectivity index (χ0v) is 15.8. The van der Waals surface area contributed by atoms with Crippen molar-refractivity contribution in [2.24, 2.45) is 5.92 Å². The van der Waals surface area contributed by atoms with Gasteiger partial charge in [-0.1, -0.05) is 56.3 Å². The topological polar surface area (TPSA) is 58.2 Å². The van der Waals surface area contributed by atoms with Crippen LogP contribution in [0.4, 0.5) is 0 Å². The van der Waals surface area contributed by atoms with Gasteiger partial charge in [-0.2, -0.15) is 5.10 Å². The first-order valence-electron chi connectivity index (χ1n) is 9.18. The molecule has 1 aliphatic rings. The Kier molecular flexibility index (Phi) is 4.44. The fourth-order valence-corrected chi connectivity index (χ4v) is 3.73. The maximum Gasteiger partial charge on any atom is 0.273 e. The summed E-state index contributed by atoms with van der Waals surface area (Å²) in [5.74, 6) is 1.18. The van der Waals surface area contributed by atoms with Gasteiger partial charge in [-0.05, 0) is 23.6 Å². The van der Waals surface area contributed by atoms with Gasteiger partial charge in [-0.15, -0.1) is 0 Å². The lowest BCUT2D eigenvalue weighted by molar-refractivity contribution is 0.0722. The van der Waals surface area contributed by atoms with Crippen LogP contribution >= 0.6 is 0 Å². The van der Waals surface area contributed by atoms with Crippen molar-refractivity contribution in [3.8, 4) is 17.0 Å². The number of hydrogen-bond donors (Lipinski definition) is 1. The number of nitrogens with zero attached hydrogens (tertiary/aromatic N) is 2. The molecule has 138 valence electrons. The van der Waals surface area contributed by atoms with E-state index < -0.39 is 0 Å². The number of amides is 1. The molecule has 1 N–H and O–H groups in total. The zero-order valence-electron chi connectivity index (χ0n) is 15.8. The maximum atomic E-state index is 13.1. The second-order valence-corrected chi connectivity index (χ2v) is 7.25. The van der Waals surface area contributed by atoms with Gasteiger partial charge in [0, 0.05) is 17.7 Å². The summed E-state index contributed by atoms with van der Waals surface area (Å²) >= 11 is 0. The number of hydrogen-bond acceptors (Lipinski definition) is 3. The number of benzene rings is 2. The molecule has 1 atom stereocenters. The molecule has 0 fully saturated rings. The van der Waals surface area contributed by atoms with Crippen molar-refractivity contribution in [2.75, 3.05) is 13.7 Å². The van der Waals surface area contributed by atoms with Gasteiger partial charge >= 0.3 is 0 Å². The number of methoxy groups -OCH3 is 1. The van der Waals surface area contributed by atoms with Crippen molar-refractivity contribution >= 4 is 5.91 Å². The number of carbonyl (C=O) groups excluding carboxylic acids is 1. The fraction of sp³-hybridized carbons (Fsp3) is 0.273. The minimum Gasteiger partial charge on any atom is -0.497 e. The minimum absolute atomic E-state index is 0.00852. The number of aromatic nitrogens is 2. The molecule has 0 spiro atoms. The lowest BCUT2D eigenvalue weighted by atomic mass is 9.95. The number of aromatic amines is 1. The summed E-state index contributed by atoms with van der Waals surface area (Å²) in [6.45, 7) is 4.94. The Balaban J connectivity index is 1.86. The quantitative estimate of drug-likeness (QED) is 0.738. The summed E-state index contributed by atoms with van der Waals surface area (Å²) < 4.78 is 5.29. The smallest absolute Gasteiger partial charge is 0.273 e. The van der Waals surface area contributed by atoms with Crippen molar-refractivity contribution in [2.45, 2.75) is 19.9 Å². The Morgan fingerprint density at radius 1 is 1.11 bits per heavy atom. The number of H-pyrrole nitrogens is 1. The lowest BCUT2D eigenvalue weighted by Crippen LogP contribution is -2.32. The van der Waals surface area contributed by atoms with E-state index in [4.69, 9.17) is 4.74 Å². The van der Waals surface area contributed by atoms with Crippen LogP contribution in [0.5, 0.6) is 5.75 Å². The number of fused-ring (bicyclic) bond motifs is 1. The molecule has 5 heteroatoms. The van der Waals surface area contributed by atoms with E-state index >= 15 is 0 Å². The molecule has 5 nitrogen and oxygen atoms in total. The standard InChI is InChI=1S/C22H23N3O2/c1-14(2)13-25-21(16-9-11-17(27-3)12-10-16)18-19(15-7-5-4-6-8-15)23-24-20(18)22(25)26/h4-12,14,21H,13H2,1-3H3,(H,23,24). The number of nitrogens with one attached hydrogen (secondary N) is 1. The summed E-state index contributed by atoms with van der Waals surface area (Å²) in [5, 5.41) is 7.48. The molecule has 1 aromatic heterocycles. The normalized spacial score (nSPS) is 16.1. The van der Waals surface area contributed by atoms with Gasteiger partial charge in [0.1, 0.15) is 11.4 Å². The Morgan fingerprint density at radius 2 is 1.81 bits per heavy atom. The van der Waals surface area contributed by atoms with Crippen molar-refractivity contribution < 1.29 is 9.53 Å². The molecule has 0 aliphatic carbocycles. The lowest BCUT2D eigenvalue weighted by Gasteiger charge is -2.28. The highest BCUT2D eigenvalue weighted by molar-refractivity contribution is 6.00. The molecule has 1 amide bonds. The first kappa shape index (κ1) is 17.3. The number of rotatable bonds is 5. The van der Waals surface area contributed by atoms with Crippen molar-refractivity contribution in [3.63, 3.8) is 0 Å². The van der Waals surface area contributed by atoms with Crippen LogP contribution in [0.3, 0.4) is 0 Å². The molecule has 2 heterocycles. The fourth-order valence-electron chi connectivity index (χ4n) is 3.73. The van der Waals surface area contributed by atoms with Gasteiger partial charge < -0.3 is 9.64 Å². The molecule has 1 aliphatic heterocycles.